The van der Waals surface area contributed by atoms with Gasteiger partial charge in [0.05, 0.1) is 16.6 Å². The maximum absolute atomic E-state index is 13.4. The number of nitrogens with zero attached hydrogens (tertiary/aromatic N) is 2. The van der Waals surface area contributed by atoms with Crippen LogP contribution in [0.4, 0.5) is 4.39 Å². The molecule has 6 nitrogen and oxygen atoms in total. The second kappa shape index (κ2) is 7.68. The molecular weight excluding hydrogens is 397 g/mol. The smallest absolute Gasteiger partial charge is 0.335 e. The van der Waals surface area contributed by atoms with Gasteiger partial charge in [0.15, 0.2) is 0 Å². The normalized spacial score (nSPS) is 11.0. The monoisotopic (exact) mass is 417 g/mol. The number of aromatic nitrogens is 2. The van der Waals surface area contributed by atoms with Crippen LogP contribution >= 0.6 is 0 Å². The van der Waals surface area contributed by atoms with Gasteiger partial charge >= 0.3 is 5.97 Å². The number of carbonyl (C=O) groups is 2. The molecule has 2 heterocycles. The van der Waals surface area contributed by atoms with E-state index in [-0.39, 0.29) is 17.3 Å². The summed E-state index contributed by atoms with van der Waals surface area (Å²) in [7, 11) is 1.54. The van der Waals surface area contributed by atoms with Crippen LogP contribution in [-0.4, -0.2) is 33.6 Å². The van der Waals surface area contributed by atoms with Crippen molar-refractivity contribution in [3.8, 4) is 22.4 Å². The van der Waals surface area contributed by atoms with Gasteiger partial charge in [-0.2, -0.15) is 5.10 Å². The van der Waals surface area contributed by atoms with Crippen molar-refractivity contribution in [2.75, 3.05) is 7.05 Å². The Morgan fingerprint density at radius 3 is 2.35 bits per heavy atom. The number of fused-ring (bicyclic) bond motifs is 1. The van der Waals surface area contributed by atoms with Crippen molar-refractivity contribution in [1.82, 2.24) is 14.9 Å². The number of pyridine rings is 1. The Balaban J connectivity index is 2.01. The maximum atomic E-state index is 13.4. The zero-order chi connectivity index (χ0) is 22.3. The second-order valence-electron chi connectivity index (χ2n) is 7.33. The minimum atomic E-state index is -1.01. The van der Waals surface area contributed by atoms with Crippen LogP contribution in [0.1, 0.15) is 32.0 Å². The van der Waals surface area contributed by atoms with Gasteiger partial charge < -0.3 is 10.4 Å². The highest BCUT2D eigenvalue weighted by Gasteiger charge is 2.22. The van der Waals surface area contributed by atoms with Crippen LogP contribution in [0.2, 0.25) is 0 Å². The molecule has 0 aliphatic heterocycles. The van der Waals surface area contributed by atoms with Gasteiger partial charge in [0, 0.05) is 18.3 Å². The summed E-state index contributed by atoms with van der Waals surface area (Å²) in [6.07, 6.45) is 0. The number of carboxylic acid groups (broad SMARTS) is 1. The highest BCUT2D eigenvalue weighted by atomic mass is 19.1. The number of hydrogen-bond acceptors (Lipinski definition) is 3. The Bertz CT molecular complexity index is 1340. The average molecular weight is 417 g/mol. The molecule has 2 aromatic heterocycles. The van der Waals surface area contributed by atoms with Crippen LogP contribution in [0.25, 0.3) is 27.9 Å². The Morgan fingerprint density at radius 2 is 1.71 bits per heavy atom. The van der Waals surface area contributed by atoms with Gasteiger partial charge in [-0.05, 0) is 79.1 Å². The highest BCUT2D eigenvalue weighted by molar-refractivity contribution is 6.07. The summed E-state index contributed by atoms with van der Waals surface area (Å²) in [5, 5.41) is 16.7. The molecule has 156 valence electrons. The molecule has 0 saturated carbocycles. The Labute approximate surface area is 178 Å². The summed E-state index contributed by atoms with van der Waals surface area (Å²) in [6, 6.07) is 14.5. The topological polar surface area (TPSA) is 83.7 Å². The number of benzene rings is 2. The maximum Gasteiger partial charge on any atom is 0.335 e. The third-order valence-electron chi connectivity index (χ3n) is 5.28. The van der Waals surface area contributed by atoms with Crippen molar-refractivity contribution in [1.29, 1.82) is 0 Å². The first-order valence-electron chi connectivity index (χ1n) is 9.66. The third-order valence-corrected chi connectivity index (χ3v) is 5.28. The predicted octanol–water partition coefficient (Wildman–Crippen LogP) is 4.48. The Morgan fingerprint density at radius 1 is 1.00 bits per heavy atom. The molecule has 0 aliphatic carbocycles. The molecule has 0 saturated heterocycles. The van der Waals surface area contributed by atoms with Gasteiger partial charge in [0.2, 0.25) is 0 Å². The zero-order valence-corrected chi connectivity index (χ0v) is 17.2. The first-order valence-corrected chi connectivity index (χ1v) is 9.66. The van der Waals surface area contributed by atoms with Gasteiger partial charge in [-0.3, -0.25) is 4.79 Å². The summed E-state index contributed by atoms with van der Waals surface area (Å²) in [6.45, 7) is 3.77. The van der Waals surface area contributed by atoms with Crippen molar-refractivity contribution in [2.24, 2.45) is 0 Å². The number of nitrogens with one attached hydrogen (secondary N) is 1. The van der Waals surface area contributed by atoms with Crippen molar-refractivity contribution in [2.45, 2.75) is 13.8 Å². The molecule has 2 aromatic carbocycles. The molecule has 2 N–H and O–H groups in total. The molecule has 4 aromatic rings. The number of halogens is 1. The fourth-order valence-corrected chi connectivity index (χ4v) is 3.69. The third kappa shape index (κ3) is 3.54. The lowest BCUT2D eigenvalue weighted by Crippen LogP contribution is -2.18. The largest absolute Gasteiger partial charge is 0.478 e. The molecule has 0 unspecified atom stereocenters. The molecule has 0 aliphatic rings. The number of rotatable bonds is 4. The Kier molecular flexibility index (Phi) is 5.02. The van der Waals surface area contributed by atoms with Gasteiger partial charge in [0.1, 0.15) is 11.5 Å². The number of hydrogen-bond donors (Lipinski definition) is 2. The molecule has 0 spiro atoms. The number of carbonyl (C=O) groups excluding carboxylic acids is 1. The molecule has 31 heavy (non-hydrogen) atoms. The zero-order valence-electron chi connectivity index (χ0n) is 17.2. The van der Waals surface area contributed by atoms with Crippen LogP contribution in [0.15, 0.2) is 54.6 Å². The van der Waals surface area contributed by atoms with Crippen LogP contribution in [0.5, 0.6) is 0 Å². The van der Waals surface area contributed by atoms with E-state index in [1.807, 2.05) is 26.0 Å². The molecule has 7 heteroatoms. The van der Waals surface area contributed by atoms with Gasteiger partial charge in [0.25, 0.3) is 5.91 Å². The summed E-state index contributed by atoms with van der Waals surface area (Å²) >= 11 is 0. The summed E-state index contributed by atoms with van der Waals surface area (Å²) in [5.41, 5.74) is 5.41. The average Bonchev–Trinajstić information content (AvgIpc) is 3.14. The van der Waals surface area contributed by atoms with Gasteiger partial charge in [-0.25, -0.2) is 13.7 Å². The van der Waals surface area contributed by atoms with E-state index in [2.05, 4.69) is 10.4 Å². The van der Waals surface area contributed by atoms with E-state index >= 15 is 0 Å². The molecule has 0 radical (unpaired) electrons. The molecule has 0 fully saturated rings. The van der Waals surface area contributed by atoms with Crippen molar-refractivity contribution < 1.29 is 19.1 Å². The van der Waals surface area contributed by atoms with E-state index in [1.165, 1.54) is 19.2 Å². The summed E-state index contributed by atoms with van der Waals surface area (Å²) in [5.74, 6) is -1.70. The standard InChI is InChI=1S/C24H20FN3O3/c1-13-4-5-16(24(30)31)11-19(13)17-10-14(2)28-20(12-17)21(23(29)26-3)22(27-28)15-6-8-18(25)9-7-15/h4-12H,1-3H3,(H,26,29)(H,30,31). The van der Waals surface area contributed by atoms with Gasteiger partial charge in [-0.1, -0.05) is 6.07 Å². The van der Waals surface area contributed by atoms with E-state index < -0.39 is 5.97 Å². The fraction of sp³-hybridized carbons (Fsp3) is 0.125. The van der Waals surface area contributed by atoms with E-state index in [9.17, 15) is 19.1 Å². The predicted molar refractivity (Wildman–Crippen MR) is 116 cm³/mol. The fourth-order valence-electron chi connectivity index (χ4n) is 3.69. The van der Waals surface area contributed by atoms with Crippen LogP contribution in [0.3, 0.4) is 0 Å². The minimum absolute atomic E-state index is 0.185. The van der Waals surface area contributed by atoms with E-state index in [1.54, 1.807) is 34.8 Å². The number of aryl methyl sites for hydroxylation is 2. The van der Waals surface area contributed by atoms with E-state index in [0.29, 0.717) is 22.3 Å². The molecule has 0 bridgehead atoms. The lowest BCUT2D eigenvalue weighted by Gasteiger charge is -2.10. The van der Waals surface area contributed by atoms with Crippen LogP contribution < -0.4 is 5.32 Å². The number of carboxylic acids is 1. The quantitative estimate of drug-likeness (QED) is 0.513. The molecule has 4 rings (SSSR count). The van der Waals surface area contributed by atoms with Crippen molar-refractivity contribution >= 4 is 17.4 Å². The van der Waals surface area contributed by atoms with Crippen LogP contribution in [-0.2, 0) is 0 Å². The first-order chi connectivity index (χ1) is 14.8. The second-order valence-corrected chi connectivity index (χ2v) is 7.33. The number of aromatic carboxylic acids is 1. The first kappa shape index (κ1) is 20.3. The van der Waals surface area contributed by atoms with Gasteiger partial charge in [-0.15, -0.1) is 0 Å². The number of amides is 1. The molecule has 0 atom stereocenters. The minimum Gasteiger partial charge on any atom is -0.478 e. The lowest BCUT2D eigenvalue weighted by molar-refractivity contribution is 0.0696. The highest BCUT2D eigenvalue weighted by Crippen LogP contribution is 2.32. The molecule has 1 amide bonds. The Hall–Kier alpha value is -4.00. The van der Waals surface area contributed by atoms with E-state index in [0.717, 1.165) is 22.4 Å². The van der Waals surface area contributed by atoms with Crippen molar-refractivity contribution in [3.05, 3.63) is 82.8 Å². The SMILES string of the molecule is CNC(=O)c1c(-c2ccc(F)cc2)nn2c(C)cc(-c3cc(C(=O)O)ccc3C)cc12. The summed E-state index contributed by atoms with van der Waals surface area (Å²) < 4.78 is 15.1. The van der Waals surface area contributed by atoms with Crippen molar-refractivity contribution in [3.63, 3.8) is 0 Å². The molecular formula is C24H20FN3O3. The van der Waals surface area contributed by atoms with E-state index in [4.69, 9.17) is 0 Å². The lowest BCUT2D eigenvalue weighted by atomic mass is 9.97. The van der Waals surface area contributed by atoms with Crippen LogP contribution in [0, 0.1) is 19.7 Å². The summed E-state index contributed by atoms with van der Waals surface area (Å²) in [4.78, 5) is 24.3.